The first-order chi connectivity index (χ1) is 11.0. The van der Waals surface area contributed by atoms with Crippen molar-refractivity contribution >= 4 is 40.7 Å². The fourth-order valence-electron chi connectivity index (χ4n) is 2.06. The van der Waals surface area contributed by atoms with Gasteiger partial charge in [0, 0.05) is 29.0 Å². The average molecular weight is 357 g/mol. The summed E-state index contributed by atoms with van der Waals surface area (Å²) in [5.41, 5.74) is 1.61. The van der Waals surface area contributed by atoms with E-state index in [1.807, 2.05) is 0 Å². The predicted octanol–water partition coefficient (Wildman–Crippen LogP) is 4.32. The number of carbonyl (C=O) groups excluding carboxylic acids is 1. The molecule has 0 unspecified atom stereocenters. The van der Waals surface area contributed by atoms with Gasteiger partial charge in [0.25, 0.3) is 0 Å². The summed E-state index contributed by atoms with van der Waals surface area (Å²) in [5.74, 6) is -1.18. The maximum Gasteiger partial charge on any atom is 0.331 e. The molecule has 0 saturated heterocycles. The van der Waals surface area contributed by atoms with E-state index >= 15 is 0 Å². The largest absolute Gasteiger partial charge is 0.478 e. The van der Waals surface area contributed by atoms with Gasteiger partial charge in [0.05, 0.1) is 6.61 Å². The van der Waals surface area contributed by atoms with Gasteiger partial charge in [-0.25, -0.2) is 9.59 Å². The molecule has 1 aromatic rings. The number of rotatable bonds is 9. The number of hydrogen-bond donors (Lipinski definition) is 1. The van der Waals surface area contributed by atoms with Crippen LogP contribution in [-0.2, 0) is 14.3 Å². The highest BCUT2D eigenvalue weighted by atomic mass is 35.5. The zero-order chi connectivity index (χ0) is 17.2. The Morgan fingerprint density at radius 2 is 1.87 bits per heavy atom. The van der Waals surface area contributed by atoms with E-state index in [-0.39, 0.29) is 18.6 Å². The normalized spacial score (nSPS) is 11.6. The second kappa shape index (κ2) is 10.1. The molecule has 0 aliphatic rings. The fraction of sp³-hybridized carbons (Fsp3) is 0.294. The molecule has 23 heavy (non-hydrogen) atoms. The molecule has 0 fully saturated rings. The van der Waals surface area contributed by atoms with Gasteiger partial charge in [0.1, 0.15) is 0 Å². The number of carboxylic acids is 1. The molecule has 1 N–H and O–H groups in total. The predicted molar refractivity (Wildman–Crippen MR) is 91.7 cm³/mol. The second-order valence-corrected chi connectivity index (χ2v) is 5.50. The maximum atomic E-state index is 11.6. The Morgan fingerprint density at radius 1 is 1.22 bits per heavy atom. The standard InChI is InChI=1S/C17H18Cl2O4/c1-2-16(20)23-11-9-14(12-5-7-13(19)8-6-12)15(17(21)22)4-3-10-18/h2,5-8H,1,3-4,9-11H2,(H,21,22). The number of aliphatic carboxylic acids is 1. The lowest BCUT2D eigenvalue weighted by molar-refractivity contribution is -0.137. The minimum atomic E-state index is -1.00. The number of carbonyl (C=O) groups is 2. The van der Waals surface area contributed by atoms with E-state index in [4.69, 9.17) is 27.9 Å². The van der Waals surface area contributed by atoms with Crippen LogP contribution < -0.4 is 0 Å². The Balaban J connectivity index is 3.11. The molecular formula is C17H18Cl2O4. The molecule has 1 aromatic carbocycles. The summed E-state index contributed by atoms with van der Waals surface area (Å²) < 4.78 is 4.97. The second-order valence-electron chi connectivity index (χ2n) is 4.68. The van der Waals surface area contributed by atoms with E-state index < -0.39 is 11.9 Å². The van der Waals surface area contributed by atoms with Crippen LogP contribution in [0.15, 0.2) is 42.5 Å². The summed E-state index contributed by atoms with van der Waals surface area (Å²) in [4.78, 5) is 22.7. The fourth-order valence-corrected chi connectivity index (χ4v) is 2.32. The summed E-state index contributed by atoms with van der Waals surface area (Å²) in [7, 11) is 0. The van der Waals surface area contributed by atoms with E-state index in [9.17, 15) is 14.7 Å². The third-order valence-electron chi connectivity index (χ3n) is 3.14. The van der Waals surface area contributed by atoms with E-state index in [0.29, 0.717) is 29.3 Å². The zero-order valence-electron chi connectivity index (χ0n) is 12.6. The highest BCUT2D eigenvalue weighted by Gasteiger charge is 2.16. The summed E-state index contributed by atoms with van der Waals surface area (Å²) in [6.45, 7) is 3.39. The van der Waals surface area contributed by atoms with Crippen molar-refractivity contribution in [3.05, 3.63) is 53.1 Å². The molecule has 0 aliphatic carbocycles. The lowest BCUT2D eigenvalue weighted by Crippen LogP contribution is -2.08. The van der Waals surface area contributed by atoms with Gasteiger partial charge in [-0.05, 0) is 36.1 Å². The smallest absolute Gasteiger partial charge is 0.331 e. The van der Waals surface area contributed by atoms with E-state index in [1.165, 1.54) is 0 Å². The first-order valence-electron chi connectivity index (χ1n) is 7.06. The molecule has 0 saturated carbocycles. The molecule has 124 valence electrons. The maximum absolute atomic E-state index is 11.6. The van der Waals surface area contributed by atoms with Gasteiger partial charge in [0.15, 0.2) is 0 Å². The first kappa shape index (κ1) is 19.3. The highest BCUT2D eigenvalue weighted by Crippen LogP contribution is 2.27. The molecule has 0 bridgehead atoms. The van der Waals surface area contributed by atoms with Gasteiger partial charge in [-0.15, -0.1) is 11.6 Å². The molecular weight excluding hydrogens is 339 g/mol. The number of halogens is 2. The molecule has 0 aliphatic heterocycles. The molecule has 0 aromatic heterocycles. The Labute approximate surface area is 145 Å². The van der Waals surface area contributed by atoms with Crippen molar-refractivity contribution in [2.24, 2.45) is 0 Å². The van der Waals surface area contributed by atoms with Gasteiger partial charge < -0.3 is 9.84 Å². The molecule has 4 nitrogen and oxygen atoms in total. The quantitative estimate of drug-likeness (QED) is 0.406. The highest BCUT2D eigenvalue weighted by molar-refractivity contribution is 6.30. The van der Waals surface area contributed by atoms with E-state index in [0.717, 1.165) is 11.6 Å². The van der Waals surface area contributed by atoms with Crippen LogP contribution >= 0.6 is 23.2 Å². The van der Waals surface area contributed by atoms with Crippen molar-refractivity contribution in [3.8, 4) is 0 Å². The first-order valence-corrected chi connectivity index (χ1v) is 7.97. The molecule has 0 atom stereocenters. The van der Waals surface area contributed by atoms with Crippen LogP contribution in [0, 0.1) is 0 Å². The Hall–Kier alpha value is -1.78. The van der Waals surface area contributed by atoms with Crippen LogP contribution in [0.1, 0.15) is 24.8 Å². The van der Waals surface area contributed by atoms with E-state index in [1.54, 1.807) is 24.3 Å². The van der Waals surface area contributed by atoms with Crippen LogP contribution in [0.4, 0.5) is 0 Å². The Bertz CT molecular complexity index is 591. The van der Waals surface area contributed by atoms with Crippen molar-refractivity contribution in [2.45, 2.75) is 19.3 Å². The summed E-state index contributed by atoms with van der Waals surface area (Å²) >= 11 is 11.5. The summed E-state index contributed by atoms with van der Waals surface area (Å²) in [6.07, 6.45) is 2.24. The van der Waals surface area contributed by atoms with Crippen molar-refractivity contribution in [2.75, 3.05) is 12.5 Å². The monoisotopic (exact) mass is 356 g/mol. The molecule has 6 heteroatoms. The van der Waals surface area contributed by atoms with Gasteiger partial charge >= 0.3 is 11.9 Å². The minimum Gasteiger partial charge on any atom is -0.478 e. The topological polar surface area (TPSA) is 63.6 Å². The minimum absolute atomic E-state index is 0.0699. The number of esters is 1. The number of hydrogen-bond acceptors (Lipinski definition) is 3. The van der Waals surface area contributed by atoms with E-state index in [2.05, 4.69) is 6.58 Å². The molecule has 0 amide bonds. The van der Waals surface area contributed by atoms with Crippen LogP contribution in [0.5, 0.6) is 0 Å². The van der Waals surface area contributed by atoms with Gasteiger partial charge in [-0.2, -0.15) is 0 Å². The molecule has 0 spiro atoms. The van der Waals surface area contributed by atoms with Crippen molar-refractivity contribution in [1.29, 1.82) is 0 Å². The lowest BCUT2D eigenvalue weighted by Gasteiger charge is -2.13. The molecule has 0 radical (unpaired) electrons. The number of carboxylic acid groups (broad SMARTS) is 1. The van der Waals surface area contributed by atoms with Crippen molar-refractivity contribution in [1.82, 2.24) is 0 Å². The van der Waals surface area contributed by atoms with Crippen LogP contribution in [-0.4, -0.2) is 29.5 Å². The lowest BCUT2D eigenvalue weighted by atomic mass is 9.94. The van der Waals surface area contributed by atoms with Gasteiger partial charge in [-0.3, -0.25) is 0 Å². The molecule has 0 heterocycles. The van der Waals surface area contributed by atoms with Crippen molar-refractivity contribution in [3.63, 3.8) is 0 Å². The zero-order valence-corrected chi connectivity index (χ0v) is 14.1. The van der Waals surface area contributed by atoms with Crippen LogP contribution in [0.3, 0.4) is 0 Å². The summed E-state index contributed by atoms with van der Waals surface area (Å²) in [6, 6.07) is 6.87. The van der Waals surface area contributed by atoms with Crippen molar-refractivity contribution < 1.29 is 19.4 Å². The third-order valence-corrected chi connectivity index (χ3v) is 3.66. The summed E-state index contributed by atoms with van der Waals surface area (Å²) in [5, 5.41) is 10.0. The molecule has 1 rings (SSSR count). The Morgan fingerprint density at radius 3 is 2.39 bits per heavy atom. The number of ether oxygens (including phenoxy) is 1. The SMILES string of the molecule is C=CC(=O)OCCC(=C(CCCCl)C(=O)O)c1ccc(Cl)cc1. The van der Waals surface area contributed by atoms with Gasteiger partial charge in [0.2, 0.25) is 0 Å². The average Bonchev–Trinajstić information content (AvgIpc) is 2.53. The Kier molecular flexibility index (Phi) is 8.45. The van der Waals surface area contributed by atoms with Gasteiger partial charge in [-0.1, -0.05) is 30.3 Å². The van der Waals surface area contributed by atoms with Crippen LogP contribution in [0.25, 0.3) is 5.57 Å². The third kappa shape index (κ3) is 6.47. The van der Waals surface area contributed by atoms with Crippen LogP contribution in [0.2, 0.25) is 5.02 Å². The number of alkyl halides is 1. The number of benzene rings is 1.